The van der Waals surface area contributed by atoms with Crippen molar-refractivity contribution in [1.29, 1.82) is 0 Å². The van der Waals surface area contributed by atoms with Crippen molar-refractivity contribution in [1.82, 2.24) is 4.90 Å². The van der Waals surface area contributed by atoms with Gasteiger partial charge in [0.25, 0.3) is 0 Å². The summed E-state index contributed by atoms with van der Waals surface area (Å²) in [4.78, 5) is 13.6. The van der Waals surface area contributed by atoms with E-state index in [9.17, 15) is 13.2 Å². The Morgan fingerprint density at radius 2 is 2.15 bits per heavy atom. The Hall–Kier alpha value is -1.08. The van der Waals surface area contributed by atoms with Crippen LogP contribution in [-0.4, -0.2) is 30.4 Å². The molecule has 0 saturated carbocycles. The van der Waals surface area contributed by atoms with Gasteiger partial charge in [0.15, 0.2) is 0 Å². The van der Waals surface area contributed by atoms with Crippen molar-refractivity contribution in [2.75, 3.05) is 15.9 Å². The number of benzene rings is 1. The maximum absolute atomic E-state index is 11.7. The third kappa shape index (κ3) is 3.52. The van der Waals surface area contributed by atoms with Gasteiger partial charge in [0.2, 0.25) is 15.9 Å². The van der Waals surface area contributed by atoms with E-state index in [2.05, 4.69) is 20.7 Å². The van der Waals surface area contributed by atoms with E-state index in [1.165, 1.54) is 5.56 Å². The average molecular weight is 361 g/mol. The molecule has 1 aliphatic rings. The molecule has 0 aromatic heterocycles. The fraction of sp³-hybridized carbons (Fsp3) is 0.462. The molecule has 1 aliphatic heterocycles. The van der Waals surface area contributed by atoms with Crippen LogP contribution in [0.15, 0.2) is 18.2 Å². The molecular weight excluding hydrogens is 344 g/mol. The van der Waals surface area contributed by atoms with E-state index in [1.54, 1.807) is 6.07 Å². The zero-order chi connectivity index (χ0) is 14.8. The summed E-state index contributed by atoms with van der Waals surface area (Å²) >= 11 is 2.94. The van der Waals surface area contributed by atoms with Crippen LogP contribution in [0, 0.1) is 0 Å². The standard InChI is InChI=1S/C13H17BrN2O3S/c1-2-13(17)16-6-5-10-3-4-12(7-11(10)8-16)15-20(18,19)9-14/h3-4,7,15H,2,5-6,8-9H2,1H3. The van der Waals surface area contributed by atoms with Crippen LogP contribution in [0.4, 0.5) is 5.69 Å². The second-order valence-electron chi connectivity index (χ2n) is 4.73. The lowest BCUT2D eigenvalue weighted by Crippen LogP contribution is -2.35. The molecule has 0 unspecified atom stereocenters. The highest BCUT2D eigenvalue weighted by Gasteiger charge is 2.20. The summed E-state index contributed by atoms with van der Waals surface area (Å²) in [5.41, 5.74) is 2.72. The molecule has 0 bridgehead atoms. The van der Waals surface area contributed by atoms with Gasteiger partial charge < -0.3 is 4.90 Å². The molecule has 0 atom stereocenters. The quantitative estimate of drug-likeness (QED) is 0.835. The number of sulfonamides is 1. The summed E-state index contributed by atoms with van der Waals surface area (Å²) in [7, 11) is -3.35. The van der Waals surface area contributed by atoms with Crippen LogP contribution in [-0.2, 0) is 27.8 Å². The van der Waals surface area contributed by atoms with E-state index < -0.39 is 10.0 Å². The predicted octanol–water partition coefficient (Wildman–Crippen LogP) is 2.08. The number of anilines is 1. The second-order valence-corrected chi connectivity index (χ2v) is 7.75. The summed E-state index contributed by atoms with van der Waals surface area (Å²) in [5, 5.41) is 0. The van der Waals surface area contributed by atoms with Gasteiger partial charge in [-0.2, -0.15) is 0 Å². The molecule has 1 N–H and O–H groups in total. The van der Waals surface area contributed by atoms with Gasteiger partial charge in [0, 0.05) is 25.2 Å². The smallest absolute Gasteiger partial charge is 0.242 e. The molecule has 0 spiro atoms. The van der Waals surface area contributed by atoms with Crippen LogP contribution in [0.5, 0.6) is 0 Å². The van der Waals surface area contributed by atoms with Crippen LogP contribution in [0.25, 0.3) is 0 Å². The van der Waals surface area contributed by atoms with E-state index in [0.29, 0.717) is 18.7 Å². The summed E-state index contributed by atoms with van der Waals surface area (Å²) in [6.45, 7) is 3.12. The SMILES string of the molecule is CCC(=O)N1CCc2ccc(NS(=O)(=O)CBr)cc2C1. The van der Waals surface area contributed by atoms with Crippen LogP contribution >= 0.6 is 15.9 Å². The Morgan fingerprint density at radius 1 is 1.40 bits per heavy atom. The second kappa shape index (κ2) is 6.13. The molecule has 1 aromatic carbocycles. The zero-order valence-corrected chi connectivity index (χ0v) is 13.6. The maximum Gasteiger partial charge on any atom is 0.242 e. The number of amides is 1. The van der Waals surface area contributed by atoms with Gasteiger partial charge in [0.1, 0.15) is 4.66 Å². The Labute approximate surface area is 127 Å². The number of rotatable bonds is 4. The molecule has 2 rings (SSSR count). The molecule has 0 aliphatic carbocycles. The molecule has 1 heterocycles. The molecule has 7 heteroatoms. The number of nitrogens with zero attached hydrogens (tertiary/aromatic N) is 1. The van der Waals surface area contributed by atoms with Crippen molar-refractivity contribution >= 4 is 37.5 Å². The van der Waals surface area contributed by atoms with Crippen molar-refractivity contribution in [3.05, 3.63) is 29.3 Å². The van der Waals surface area contributed by atoms with E-state index in [-0.39, 0.29) is 10.6 Å². The zero-order valence-electron chi connectivity index (χ0n) is 11.2. The lowest BCUT2D eigenvalue weighted by atomic mass is 9.99. The number of fused-ring (bicyclic) bond motifs is 1. The number of carbonyl (C=O) groups is 1. The van der Waals surface area contributed by atoms with E-state index in [4.69, 9.17) is 0 Å². The number of carbonyl (C=O) groups excluding carboxylic acids is 1. The summed E-state index contributed by atoms with van der Waals surface area (Å²) in [6, 6.07) is 5.50. The van der Waals surface area contributed by atoms with E-state index >= 15 is 0 Å². The normalized spacial score (nSPS) is 14.8. The van der Waals surface area contributed by atoms with Gasteiger partial charge in [0.05, 0.1) is 0 Å². The third-order valence-corrected chi connectivity index (χ3v) is 5.93. The van der Waals surface area contributed by atoms with Gasteiger partial charge in [-0.1, -0.05) is 28.9 Å². The fourth-order valence-electron chi connectivity index (χ4n) is 2.26. The first kappa shape index (κ1) is 15.3. The molecular formula is C13H17BrN2O3S. The summed E-state index contributed by atoms with van der Waals surface area (Å²) in [5.74, 6) is 0.127. The fourth-order valence-corrected chi connectivity index (χ4v) is 3.15. The number of nitrogens with one attached hydrogen (secondary N) is 1. The van der Waals surface area contributed by atoms with Crippen molar-refractivity contribution in [3.63, 3.8) is 0 Å². The number of alkyl halides is 1. The van der Waals surface area contributed by atoms with Crippen LogP contribution in [0.2, 0.25) is 0 Å². The van der Waals surface area contributed by atoms with Gasteiger partial charge in [-0.05, 0) is 29.7 Å². The monoisotopic (exact) mass is 360 g/mol. The first-order valence-corrected chi connectivity index (χ1v) is 9.18. The lowest BCUT2D eigenvalue weighted by molar-refractivity contribution is -0.131. The van der Waals surface area contributed by atoms with Crippen molar-refractivity contribution in [3.8, 4) is 0 Å². The Morgan fingerprint density at radius 3 is 2.80 bits per heavy atom. The number of hydrogen-bond donors (Lipinski definition) is 1. The van der Waals surface area contributed by atoms with Gasteiger partial charge in [-0.3, -0.25) is 9.52 Å². The Bertz CT molecular complexity index is 616. The van der Waals surface area contributed by atoms with Gasteiger partial charge in [-0.15, -0.1) is 0 Å². The lowest BCUT2D eigenvalue weighted by Gasteiger charge is -2.29. The number of halogens is 1. The molecule has 0 saturated heterocycles. The predicted molar refractivity (Wildman–Crippen MR) is 82.2 cm³/mol. The summed E-state index contributed by atoms with van der Waals surface area (Å²) in [6.07, 6.45) is 1.30. The minimum Gasteiger partial charge on any atom is -0.338 e. The molecule has 20 heavy (non-hydrogen) atoms. The molecule has 110 valence electrons. The first-order chi connectivity index (χ1) is 9.45. The van der Waals surface area contributed by atoms with Crippen molar-refractivity contribution in [2.45, 2.75) is 26.3 Å². The minimum atomic E-state index is -3.35. The van der Waals surface area contributed by atoms with Crippen molar-refractivity contribution < 1.29 is 13.2 Å². The van der Waals surface area contributed by atoms with Gasteiger partial charge in [-0.25, -0.2) is 8.42 Å². The van der Waals surface area contributed by atoms with E-state index in [1.807, 2.05) is 24.0 Å². The highest BCUT2D eigenvalue weighted by atomic mass is 79.9. The maximum atomic E-state index is 11.7. The highest BCUT2D eigenvalue weighted by Crippen LogP contribution is 2.23. The first-order valence-electron chi connectivity index (χ1n) is 6.41. The summed E-state index contributed by atoms with van der Waals surface area (Å²) < 4.78 is 25.4. The largest absolute Gasteiger partial charge is 0.338 e. The Balaban J connectivity index is 2.21. The van der Waals surface area contributed by atoms with E-state index in [0.717, 1.165) is 18.5 Å². The van der Waals surface area contributed by atoms with Crippen LogP contribution in [0.1, 0.15) is 24.5 Å². The minimum absolute atomic E-state index is 0.127. The molecule has 5 nitrogen and oxygen atoms in total. The highest BCUT2D eigenvalue weighted by molar-refractivity contribution is 9.10. The van der Waals surface area contributed by atoms with Crippen LogP contribution < -0.4 is 4.72 Å². The molecule has 1 amide bonds. The van der Waals surface area contributed by atoms with Crippen molar-refractivity contribution in [2.24, 2.45) is 0 Å². The number of hydrogen-bond acceptors (Lipinski definition) is 3. The van der Waals surface area contributed by atoms with Crippen LogP contribution in [0.3, 0.4) is 0 Å². The van der Waals surface area contributed by atoms with Gasteiger partial charge >= 0.3 is 0 Å². The third-order valence-electron chi connectivity index (χ3n) is 3.29. The molecule has 0 radical (unpaired) electrons. The Kier molecular flexibility index (Phi) is 4.70. The molecule has 0 fully saturated rings. The average Bonchev–Trinajstić information content (AvgIpc) is 2.45. The molecule has 1 aromatic rings. The topological polar surface area (TPSA) is 66.5 Å².